The van der Waals surface area contributed by atoms with Crippen LogP contribution in [0.5, 0.6) is 11.5 Å². The van der Waals surface area contributed by atoms with Crippen LogP contribution in [0.4, 0.5) is 5.69 Å². The van der Waals surface area contributed by atoms with Crippen molar-refractivity contribution >= 4 is 17.7 Å². The maximum atomic E-state index is 12.7. The van der Waals surface area contributed by atoms with Crippen LogP contribution in [0.3, 0.4) is 0 Å². The summed E-state index contributed by atoms with van der Waals surface area (Å²) in [6.45, 7) is 7.70. The first-order valence-corrected chi connectivity index (χ1v) is 12.1. The summed E-state index contributed by atoms with van der Waals surface area (Å²) in [5.41, 5.74) is 4.78. The third-order valence-electron chi connectivity index (χ3n) is 7.33. The Labute approximate surface area is 207 Å². The zero-order chi connectivity index (χ0) is 24.6. The highest BCUT2D eigenvalue weighted by atomic mass is 16.5. The van der Waals surface area contributed by atoms with Gasteiger partial charge in [0, 0.05) is 24.1 Å². The normalized spacial score (nSPS) is 20.3. The van der Waals surface area contributed by atoms with Crippen LogP contribution in [0.1, 0.15) is 42.5 Å². The first-order valence-electron chi connectivity index (χ1n) is 12.1. The van der Waals surface area contributed by atoms with Gasteiger partial charge < -0.3 is 19.7 Å². The molecule has 2 aliphatic heterocycles. The molecule has 0 spiro atoms. The molecule has 35 heavy (non-hydrogen) atoms. The highest BCUT2D eigenvalue weighted by Gasteiger charge is 2.57. The molecule has 1 unspecified atom stereocenters. The van der Waals surface area contributed by atoms with Gasteiger partial charge in [0.25, 0.3) is 0 Å². The summed E-state index contributed by atoms with van der Waals surface area (Å²) in [7, 11) is 1.65. The van der Waals surface area contributed by atoms with E-state index in [0.29, 0.717) is 31.1 Å². The molecule has 0 aliphatic carbocycles. The Bertz CT molecular complexity index is 1280. The molecule has 2 aliphatic rings. The molecule has 0 bridgehead atoms. The average Bonchev–Trinajstić information content (AvgIpc) is 3.05. The Morgan fingerprint density at radius 3 is 2.60 bits per heavy atom. The lowest BCUT2D eigenvalue weighted by atomic mass is 9.74. The van der Waals surface area contributed by atoms with Crippen LogP contribution < -0.4 is 19.7 Å². The van der Waals surface area contributed by atoms with E-state index in [4.69, 9.17) is 9.47 Å². The zero-order valence-electron chi connectivity index (χ0n) is 20.8. The summed E-state index contributed by atoms with van der Waals surface area (Å²) in [6.07, 6.45) is 4.70. The molecule has 0 saturated carbocycles. The molecule has 1 N–H and O–H groups in total. The maximum Gasteiger partial charge on any atom is 0.223 e. The Hall–Kier alpha value is -3.73. The Morgan fingerprint density at radius 2 is 1.83 bits per heavy atom. The number of nitrogens with zero attached hydrogens (tertiary/aromatic N) is 1. The number of anilines is 1. The lowest BCUT2D eigenvalue weighted by molar-refractivity contribution is -0.124. The molecule has 1 fully saturated rings. The number of carbonyl (C=O) groups excluding carboxylic acids is 1. The second-order valence-electron chi connectivity index (χ2n) is 9.88. The van der Waals surface area contributed by atoms with E-state index in [1.54, 1.807) is 7.11 Å². The van der Waals surface area contributed by atoms with Crippen molar-refractivity contribution in [2.75, 3.05) is 18.6 Å². The third-order valence-corrected chi connectivity index (χ3v) is 7.33. The molecule has 3 aromatic rings. The number of aryl methyl sites for hydroxylation is 1. The molecule has 1 saturated heterocycles. The van der Waals surface area contributed by atoms with Crippen molar-refractivity contribution in [3.05, 3.63) is 95.1 Å². The van der Waals surface area contributed by atoms with E-state index in [1.165, 1.54) is 16.8 Å². The summed E-state index contributed by atoms with van der Waals surface area (Å²) < 4.78 is 11.7. The Balaban J connectivity index is 1.46. The van der Waals surface area contributed by atoms with E-state index in [0.717, 1.165) is 11.1 Å². The van der Waals surface area contributed by atoms with Crippen LogP contribution in [0.2, 0.25) is 0 Å². The fourth-order valence-electron chi connectivity index (χ4n) is 5.33. The largest absolute Gasteiger partial charge is 0.493 e. The van der Waals surface area contributed by atoms with Gasteiger partial charge in [0.2, 0.25) is 5.91 Å². The van der Waals surface area contributed by atoms with E-state index >= 15 is 0 Å². The molecule has 2 heterocycles. The first-order chi connectivity index (χ1) is 16.8. The molecule has 1 amide bonds. The maximum absolute atomic E-state index is 12.7. The van der Waals surface area contributed by atoms with Gasteiger partial charge in [0.05, 0.1) is 7.11 Å². The predicted molar refractivity (Wildman–Crippen MR) is 140 cm³/mol. The van der Waals surface area contributed by atoms with E-state index in [9.17, 15) is 4.79 Å². The van der Waals surface area contributed by atoms with Gasteiger partial charge in [-0.15, -0.1) is 0 Å². The van der Waals surface area contributed by atoms with Gasteiger partial charge in [-0.1, -0.05) is 74.0 Å². The van der Waals surface area contributed by atoms with E-state index in [1.807, 2.05) is 48.5 Å². The molecular formula is C30H32N2O3. The summed E-state index contributed by atoms with van der Waals surface area (Å²) in [6, 6.07) is 22.6. The SMILES string of the molecule is COc1cc(/C=C/C23NC(=O)CCN2c2ccc(C)cc2C3(C)C)ccc1OCc1ccccc1. The van der Waals surface area contributed by atoms with Crippen LogP contribution in [0.25, 0.3) is 6.08 Å². The highest BCUT2D eigenvalue weighted by Crippen LogP contribution is 2.52. The lowest BCUT2D eigenvalue weighted by Gasteiger charge is -2.49. The minimum absolute atomic E-state index is 0.0748. The van der Waals surface area contributed by atoms with Crippen molar-refractivity contribution < 1.29 is 14.3 Å². The van der Waals surface area contributed by atoms with Crippen LogP contribution in [0.15, 0.2) is 72.8 Å². The second-order valence-corrected chi connectivity index (χ2v) is 9.88. The minimum atomic E-state index is -0.645. The monoisotopic (exact) mass is 468 g/mol. The molecule has 5 nitrogen and oxygen atoms in total. The standard InChI is InChI=1S/C30H32N2O3/c1-21-10-12-25-24(18-21)29(2,3)30(31-28(33)15-17-32(25)30)16-14-22-11-13-26(27(19-22)34-4)35-20-23-8-6-5-7-9-23/h5-14,16,18-19H,15,17,20H2,1-4H3,(H,31,33)/b16-14+. The lowest BCUT2D eigenvalue weighted by Crippen LogP contribution is -2.68. The minimum Gasteiger partial charge on any atom is -0.493 e. The number of ether oxygens (including phenoxy) is 2. The average molecular weight is 469 g/mol. The van der Waals surface area contributed by atoms with Gasteiger partial charge >= 0.3 is 0 Å². The smallest absolute Gasteiger partial charge is 0.223 e. The number of hydrogen-bond acceptors (Lipinski definition) is 4. The van der Waals surface area contributed by atoms with E-state index in [-0.39, 0.29) is 11.3 Å². The second kappa shape index (κ2) is 8.81. The van der Waals surface area contributed by atoms with Crippen LogP contribution >= 0.6 is 0 Å². The van der Waals surface area contributed by atoms with Gasteiger partial charge in [-0.05, 0) is 47.9 Å². The number of carbonyl (C=O) groups is 1. The number of hydrogen-bond donors (Lipinski definition) is 1. The van der Waals surface area contributed by atoms with Gasteiger partial charge in [0.1, 0.15) is 12.3 Å². The van der Waals surface area contributed by atoms with Gasteiger partial charge in [-0.3, -0.25) is 4.79 Å². The predicted octanol–water partition coefficient (Wildman–Crippen LogP) is 5.61. The molecule has 5 rings (SSSR count). The summed E-state index contributed by atoms with van der Waals surface area (Å²) in [4.78, 5) is 15.0. The van der Waals surface area contributed by atoms with Crippen molar-refractivity contribution in [2.45, 2.75) is 44.9 Å². The fourth-order valence-corrected chi connectivity index (χ4v) is 5.33. The molecule has 180 valence electrons. The van der Waals surface area contributed by atoms with Gasteiger partial charge in [0.15, 0.2) is 11.5 Å². The first kappa shape index (κ1) is 23.0. The van der Waals surface area contributed by atoms with E-state index < -0.39 is 5.66 Å². The Kier molecular flexibility index (Phi) is 5.79. The van der Waals surface area contributed by atoms with Crippen molar-refractivity contribution in [2.24, 2.45) is 0 Å². The van der Waals surface area contributed by atoms with Crippen molar-refractivity contribution in [3.63, 3.8) is 0 Å². The molecule has 5 heteroatoms. The molecule has 0 radical (unpaired) electrons. The summed E-state index contributed by atoms with van der Waals surface area (Å²) in [5.74, 6) is 1.45. The van der Waals surface area contributed by atoms with Crippen molar-refractivity contribution in [1.82, 2.24) is 5.32 Å². The van der Waals surface area contributed by atoms with E-state index in [2.05, 4.69) is 61.3 Å². The fraction of sp³-hybridized carbons (Fsp3) is 0.300. The van der Waals surface area contributed by atoms with Crippen molar-refractivity contribution in [1.29, 1.82) is 0 Å². The number of methoxy groups -OCH3 is 1. The molecule has 1 atom stereocenters. The van der Waals surface area contributed by atoms with Gasteiger partial charge in [-0.25, -0.2) is 0 Å². The number of rotatable bonds is 6. The third kappa shape index (κ3) is 3.95. The number of nitrogens with one attached hydrogen (secondary N) is 1. The number of benzene rings is 3. The Morgan fingerprint density at radius 1 is 1.03 bits per heavy atom. The van der Waals surface area contributed by atoms with Crippen LogP contribution in [-0.4, -0.2) is 25.2 Å². The van der Waals surface area contributed by atoms with Crippen LogP contribution in [0, 0.1) is 6.92 Å². The molecule has 3 aromatic carbocycles. The number of amides is 1. The highest BCUT2D eigenvalue weighted by molar-refractivity contribution is 5.84. The summed E-state index contributed by atoms with van der Waals surface area (Å²) >= 11 is 0. The number of fused-ring (bicyclic) bond motifs is 3. The van der Waals surface area contributed by atoms with Crippen molar-refractivity contribution in [3.8, 4) is 11.5 Å². The topological polar surface area (TPSA) is 50.8 Å². The molecule has 0 aromatic heterocycles. The molecular weight excluding hydrogens is 436 g/mol. The quantitative estimate of drug-likeness (QED) is 0.511. The van der Waals surface area contributed by atoms with Crippen LogP contribution in [-0.2, 0) is 16.8 Å². The summed E-state index contributed by atoms with van der Waals surface area (Å²) in [5, 5.41) is 3.34. The van der Waals surface area contributed by atoms with Gasteiger partial charge in [-0.2, -0.15) is 0 Å². The zero-order valence-corrected chi connectivity index (χ0v) is 20.8.